The normalized spacial score (nSPS) is 15.8. The third-order valence-corrected chi connectivity index (χ3v) is 9.20. The monoisotopic (exact) mass is 708 g/mol. The molecule has 1 heterocycles. The highest BCUT2D eigenvalue weighted by molar-refractivity contribution is 7.46. The molecule has 0 aliphatic carbocycles. The maximum Gasteiger partial charge on any atom is 0.469 e. The van der Waals surface area contributed by atoms with Crippen LogP contribution in [0.25, 0.3) is 0 Å². The Labute approximate surface area is 294 Å². The Morgan fingerprint density at radius 3 is 2.06 bits per heavy atom. The first kappa shape index (κ1) is 38.6. The minimum Gasteiger partial charge on any atom is -0.483 e. The van der Waals surface area contributed by atoms with Crippen LogP contribution in [0.3, 0.4) is 0 Å². The molecule has 270 valence electrons. The quantitative estimate of drug-likeness (QED) is 0.128. The summed E-state index contributed by atoms with van der Waals surface area (Å²) in [7, 11) is -5.09. The van der Waals surface area contributed by atoms with Gasteiger partial charge in [-0.1, -0.05) is 92.7 Å². The van der Waals surface area contributed by atoms with Crippen molar-refractivity contribution in [2.45, 2.75) is 77.6 Å². The molecule has 3 aromatic carbocycles. The van der Waals surface area contributed by atoms with Gasteiger partial charge < -0.3 is 35.4 Å². The molecule has 4 rings (SSSR count). The van der Waals surface area contributed by atoms with E-state index in [4.69, 9.17) is 9.26 Å². The number of amides is 4. The molecule has 1 aliphatic heterocycles. The van der Waals surface area contributed by atoms with Gasteiger partial charge in [-0.25, -0.2) is 9.36 Å². The summed E-state index contributed by atoms with van der Waals surface area (Å²) in [6, 6.07) is 21.5. The van der Waals surface area contributed by atoms with Crippen LogP contribution in [-0.4, -0.2) is 76.5 Å². The van der Waals surface area contributed by atoms with E-state index in [1.807, 2.05) is 107 Å². The summed E-state index contributed by atoms with van der Waals surface area (Å²) in [5.41, 5.74) is 3.40. The molecular formula is C37H49N4O8P. The molecule has 13 heteroatoms. The van der Waals surface area contributed by atoms with Crippen LogP contribution in [0, 0.1) is 19.8 Å². The van der Waals surface area contributed by atoms with Crippen molar-refractivity contribution < 1.29 is 38.0 Å². The smallest absolute Gasteiger partial charge is 0.469 e. The molecule has 1 aliphatic rings. The maximum absolute atomic E-state index is 14.0. The predicted molar refractivity (Wildman–Crippen MR) is 190 cm³/mol. The first-order valence-electron chi connectivity index (χ1n) is 17.0. The second-order valence-corrected chi connectivity index (χ2v) is 14.3. The summed E-state index contributed by atoms with van der Waals surface area (Å²) in [6.07, 6.45) is -0.147. The summed E-state index contributed by atoms with van der Waals surface area (Å²) < 4.78 is 23.8. The highest BCUT2D eigenvalue weighted by atomic mass is 31.2. The lowest BCUT2D eigenvalue weighted by Crippen LogP contribution is -2.59. The van der Waals surface area contributed by atoms with Crippen LogP contribution in [0.2, 0.25) is 0 Å². The fraction of sp³-hybridized carbons (Fsp3) is 0.432. The van der Waals surface area contributed by atoms with Crippen molar-refractivity contribution >= 4 is 25.7 Å². The van der Waals surface area contributed by atoms with E-state index in [-0.39, 0.29) is 31.4 Å². The van der Waals surface area contributed by atoms with Gasteiger partial charge in [0.15, 0.2) is 6.61 Å². The van der Waals surface area contributed by atoms with Gasteiger partial charge in [-0.2, -0.15) is 0 Å². The fourth-order valence-corrected chi connectivity index (χ4v) is 6.98. The summed E-state index contributed by atoms with van der Waals surface area (Å²) in [5, 5.41) is 8.80. The SMILES string of the molecule is Cc1cccc(C)c1OCC(=O)N[C@@H](Cc1ccccc1)C(CC(Cc1ccccc1)NC(=O)[C@H](C(C)C)N1CCCNC1=O)OP(=O)(O)O. The van der Waals surface area contributed by atoms with Crippen LogP contribution in [0.5, 0.6) is 5.75 Å². The highest BCUT2D eigenvalue weighted by Gasteiger charge is 2.37. The van der Waals surface area contributed by atoms with Crippen molar-refractivity contribution in [2.24, 2.45) is 5.92 Å². The topological polar surface area (TPSA) is 167 Å². The summed E-state index contributed by atoms with van der Waals surface area (Å²) in [6.45, 7) is 8.11. The van der Waals surface area contributed by atoms with Crippen LogP contribution < -0.4 is 20.7 Å². The van der Waals surface area contributed by atoms with Gasteiger partial charge in [0.1, 0.15) is 11.8 Å². The van der Waals surface area contributed by atoms with Crippen LogP contribution in [-0.2, 0) is 31.5 Å². The third-order valence-electron chi connectivity index (χ3n) is 8.66. The molecule has 1 saturated heterocycles. The van der Waals surface area contributed by atoms with E-state index in [9.17, 15) is 28.7 Å². The van der Waals surface area contributed by atoms with E-state index in [0.717, 1.165) is 22.3 Å². The van der Waals surface area contributed by atoms with E-state index >= 15 is 0 Å². The fourth-order valence-electron chi connectivity index (χ4n) is 6.39. The summed E-state index contributed by atoms with van der Waals surface area (Å²) in [5.74, 6) is -0.538. The zero-order valence-electron chi connectivity index (χ0n) is 29.1. The van der Waals surface area contributed by atoms with E-state index in [2.05, 4.69) is 16.0 Å². The molecule has 4 atom stereocenters. The first-order chi connectivity index (χ1) is 23.8. The number of carbonyl (C=O) groups excluding carboxylic acids is 3. The Morgan fingerprint density at radius 1 is 0.900 bits per heavy atom. The largest absolute Gasteiger partial charge is 0.483 e. The lowest BCUT2D eigenvalue weighted by atomic mass is 9.92. The van der Waals surface area contributed by atoms with Crippen LogP contribution >= 0.6 is 7.82 Å². The number of carbonyl (C=O) groups is 3. The highest BCUT2D eigenvalue weighted by Crippen LogP contribution is 2.40. The van der Waals surface area contributed by atoms with Gasteiger partial charge in [0, 0.05) is 19.1 Å². The average molecular weight is 709 g/mol. The minimum absolute atomic E-state index is 0.0711. The Bertz CT molecular complexity index is 1600. The molecule has 4 amide bonds. The molecule has 1 fully saturated rings. The Hall–Kier alpha value is -4.22. The van der Waals surface area contributed by atoms with Crippen molar-refractivity contribution in [2.75, 3.05) is 19.7 Å². The van der Waals surface area contributed by atoms with Crippen molar-refractivity contribution in [1.29, 1.82) is 0 Å². The van der Waals surface area contributed by atoms with Crippen LogP contribution in [0.15, 0.2) is 78.9 Å². The molecule has 5 N–H and O–H groups in total. The number of rotatable bonds is 17. The summed E-state index contributed by atoms with van der Waals surface area (Å²) >= 11 is 0. The average Bonchev–Trinajstić information content (AvgIpc) is 3.05. The molecule has 0 spiro atoms. The second-order valence-electron chi connectivity index (χ2n) is 13.1. The van der Waals surface area contributed by atoms with Crippen molar-refractivity contribution in [3.05, 3.63) is 101 Å². The van der Waals surface area contributed by atoms with E-state index < -0.39 is 43.9 Å². The number of hydrogen-bond acceptors (Lipinski definition) is 6. The zero-order chi connectivity index (χ0) is 36.3. The predicted octanol–water partition coefficient (Wildman–Crippen LogP) is 4.45. The van der Waals surface area contributed by atoms with Crippen LogP contribution in [0.4, 0.5) is 4.79 Å². The van der Waals surface area contributed by atoms with E-state index in [0.29, 0.717) is 31.7 Å². The van der Waals surface area contributed by atoms with Gasteiger partial charge in [-0.05, 0) is 67.7 Å². The van der Waals surface area contributed by atoms with Gasteiger partial charge in [0.05, 0.1) is 12.1 Å². The first-order valence-corrected chi connectivity index (χ1v) is 18.5. The standard InChI is InChI=1S/C37H49N4O8P/c1-25(2)34(41-20-12-19-38-37(41)44)36(43)39-30(21-28-15-7-5-8-16-28)23-32(49-50(45,46)47)31(22-29-17-9-6-10-18-29)40-33(42)24-48-35-26(3)13-11-14-27(35)4/h5-11,13-18,25,30-32,34H,12,19-24H2,1-4H3,(H,38,44)(H,39,43)(H,40,42)(H2,45,46,47)/t30?,31-,32?,34-/m0/s1. The maximum atomic E-state index is 14.0. The Balaban J connectivity index is 1.64. The number of aryl methyl sites for hydroxylation is 2. The summed E-state index contributed by atoms with van der Waals surface area (Å²) in [4.78, 5) is 62.0. The van der Waals surface area contributed by atoms with Crippen molar-refractivity contribution in [3.8, 4) is 5.75 Å². The zero-order valence-corrected chi connectivity index (χ0v) is 30.0. The number of phosphoric acid groups is 1. The van der Waals surface area contributed by atoms with Gasteiger partial charge in [0.2, 0.25) is 5.91 Å². The van der Waals surface area contributed by atoms with Gasteiger partial charge in [0.25, 0.3) is 5.91 Å². The Kier molecular flexibility index (Phi) is 14.0. The number of phosphoric ester groups is 1. The number of hydrogen-bond donors (Lipinski definition) is 5. The molecule has 0 aromatic heterocycles. The number of nitrogens with zero attached hydrogens (tertiary/aromatic N) is 1. The molecule has 12 nitrogen and oxygen atoms in total. The van der Waals surface area contributed by atoms with E-state index in [1.165, 1.54) is 4.90 Å². The third kappa shape index (κ3) is 11.7. The van der Waals surface area contributed by atoms with E-state index in [1.54, 1.807) is 0 Å². The lowest BCUT2D eigenvalue weighted by Gasteiger charge is -2.37. The number of benzene rings is 3. The number of urea groups is 1. The number of ether oxygens (including phenoxy) is 1. The number of para-hydroxylation sites is 1. The molecular weight excluding hydrogens is 659 g/mol. The van der Waals surface area contributed by atoms with Gasteiger partial charge >= 0.3 is 13.9 Å². The second kappa shape index (κ2) is 18.1. The van der Waals surface area contributed by atoms with Crippen molar-refractivity contribution in [1.82, 2.24) is 20.9 Å². The molecule has 3 aromatic rings. The molecule has 50 heavy (non-hydrogen) atoms. The van der Waals surface area contributed by atoms with Gasteiger partial charge in [-0.3, -0.25) is 14.1 Å². The molecule has 0 saturated carbocycles. The minimum atomic E-state index is -5.09. The Morgan fingerprint density at radius 2 is 1.50 bits per heavy atom. The van der Waals surface area contributed by atoms with Crippen LogP contribution in [0.1, 0.15) is 48.9 Å². The van der Waals surface area contributed by atoms with Crippen molar-refractivity contribution in [3.63, 3.8) is 0 Å². The van der Waals surface area contributed by atoms with Gasteiger partial charge in [-0.15, -0.1) is 0 Å². The molecule has 2 unspecified atom stereocenters. The molecule has 0 bridgehead atoms. The molecule has 0 radical (unpaired) electrons. The number of nitrogens with one attached hydrogen (secondary N) is 3. The lowest BCUT2D eigenvalue weighted by molar-refractivity contribution is -0.128.